The number of rotatable bonds is 4. The molecule has 2 heteroatoms. The van der Waals surface area contributed by atoms with Crippen molar-refractivity contribution in [1.82, 2.24) is 4.90 Å². The smallest absolute Gasteiger partial charge is 0.105 e. The lowest BCUT2D eigenvalue weighted by Gasteiger charge is -2.16. The Morgan fingerprint density at radius 1 is 1.33 bits per heavy atom. The molecule has 0 aliphatic heterocycles. The molecule has 1 rings (SSSR count). The molecule has 0 fully saturated rings. The largest absolute Gasteiger partial charge is 0.469 e. The molecule has 0 aromatic carbocycles. The molecule has 2 nitrogen and oxygen atoms in total. The van der Waals surface area contributed by atoms with Crippen LogP contribution in [0.1, 0.15) is 25.2 Å². The lowest BCUT2D eigenvalue weighted by molar-refractivity contribution is 0.293. The SMILES string of the molecule is CCN(CC)Cc1ccoc1C. The van der Waals surface area contributed by atoms with E-state index >= 15 is 0 Å². The van der Waals surface area contributed by atoms with Gasteiger partial charge >= 0.3 is 0 Å². The summed E-state index contributed by atoms with van der Waals surface area (Å²) in [4.78, 5) is 2.37. The van der Waals surface area contributed by atoms with Gasteiger partial charge in [-0.25, -0.2) is 0 Å². The Morgan fingerprint density at radius 2 is 2.00 bits per heavy atom. The summed E-state index contributed by atoms with van der Waals surface area (Å²) in [6, 6.07) is 2.05. The second kappa shape index (κ2) is 4.31. The van der Waals surface area contributed by atoms with E-state index in [4.69, 9.17) is 4.42 Å². The lowest BCUT2D eigenvalue weighted by Crippen LogP contribution is -2.22. The quantitative estimate of drug-likeness (QED) is 0.684. The van der Waals surface area contributed by atoms with Gasteiger partial charge in [-0.2, -0.15) is 0 Å². The fraction of sp³-hybridized carbons (Fsp3) is 0.600. The summed E-state index contributed by atoms with van der Waals surface area (Å²) in [6.45, 7) is 9.58. The molecule has 1 aromatic heterocycles. The van der Waals surface area contributed by atoms with Gasteiger partial charge in [-0.3, -0.25) is 4.90 Å². The average Bonchev–Trinajstić information content (AvgIpc) is 2.47. The molecule has 0 saturated carbocycles. The van der Waals surface area contributed by atoms with E-state index in [0.717, 1.165) is 25.4 Å². The Bertz CT molecular complexity index is 225. The number of hydrogen-bond donors (Lipinski definition) is 0. The molecule has 0 aliphatic carbocycles. The first kappa shape index (κ1) is 9.33. The van der Waals surface area contributed by atoms with Crippen molar-refractivity contribution in [3.05, 3.63) is 23.7 Å². The molecule has 0 amide bonds. The first-order valence-electron chi connectivity index (χ1n) is 4.53. The van der Waals surface area contributed by atoms with Gasteiger partial charge in [0.1, 0.15) is 5.76 Å². The Labute approximate surface area is 74.2 Å². The van der Waals surface area contributed by atoms with E-state index in [1.54, 1.807) is 6.26 Å². The van der Waals surface area contributed by atoms with Crippen LogP contribution < -0.4 is 0 Å². The summed E-state index contributed by atoms with van der Waals surface area (Å²) in [6.07, 6.45) is 1.76. The van der Waals surface area contributed by atoms with Gasteiger partial charge in [0, 0.05) is 12.1 Å². The summed E-state index contributed by atoms with van der Waals surface area (Å²) in [5.41, 5.74) is 1.30. The summed E-state index contributed by atoms with van der Waals surface area (Å²) in [5, 5.41) is 0. The lowest BCUT2D eigenvalue weighted by atomic mass is 10.2. The van der Waals surface area contributed by atoms with Gasteiger partial charge in [0.15, 0.2) is 0 Å². The van der Waals surface area contributed by atoms with Gasteiger partial charge in [0.2, 0.25) is 0 Å². The Balaban J connectivity index is 2.56. The molecule has 0 unspecified atom stereocenters. The maximum atomic E-state index is 5.23. The highest BCUT2D eigenvalue weighted by Crippen LogP contribution is 2.11. The number of aryl methyl sites for hydroxylation is 1. The molecule has 68 valence electrons. The molecule has 1 aromatic rings. The van der Waals surface area contributed by atoms with Gasteiger partial charge in [0.25, 0.3) is 0 Å². The molecule has 12 heavy (non-hydrogen) atoms. The average molecular weight is 167 g/mol. The minimum Gasteiger partial charge on any atom is -0.469 e. The molecule has 0 saturated heterocycles. The summed E-state index contributed by atoms with van der Waals surface area (Å²) >= 11 is 0. The predicted octanol–water partition coefficient (Wildman–Crippen LogP) is 2.43. The van der Waals surface area contributed by atoms with Crippen molar-refractivity contribution in [3.63, 3.8) is 0 Å². The van der Waals surface area contributed by atoms with E-state index in [2.05, 4.69) is 18.7 Å². The fourth-order valence-corrected chi connectivity index (χ4v) is 1.26. The molecule has 0 spiro atoms. The van der Waals surface area contributed by atoms with Crippen LogP contribution in [0.25, 0.3) is 0 Å². The van der Waals surface area contributed by atoms with E-state index < -0.39 is 0 Å². The standard InChI is InChI=1S/C10H17NO/c1-4-11(5-2)8-10-6-7-12-9(10)3/h6-7H,4-5,8H2,1-3H3. The second-order valence-corrected chi connectivity index (χ2v) is 2.96. The molecular formula is C10H17NO. The van der Waals surface area contributed by atoms with Crippen LogP contribution in [0.4, 0.5) is 0 Å². The number of nitrogens with zero attached hydrogens (tertiary/aromatic N) is 1. The van der Waals surface area contributed by atoms with E-state index in [0.29, 0.717) is 0 Å². The van der Waals surface area contributed by atoms with Crippen molar-refractivity contribution in [1.29, 1.82) is 0 Å². The maximum Gasteiger partial charge on any atom is 0.105 e. The van der Waals surface area contributed by atoms with E-state index in [9.17, 15) is 0 Å². The monoisotopic (exact) mass is 167 g/mol. The zero-order chi connectivity index (χ0) is 8.97. The highest BCUT2D eigenvalue weighted by molar-refractivity contribution is 5.14. The van der Waals surface area contributed by atoms with Crippen LogP contribution >= 0.6 is 0 Å². The molecule has 0 atom stereocenters. The maximum absolute atomic E-state index is 5.23. The molecule has 0 radical (unpaired) electrons. The molecule has 0 bridgehead atoms. The van der Waals surface area contributed by atoms with Gasteiger partial charge in [0.05, 0.1) is 6.26 Å². The Hall–Kier alpha value is -0.760. The van der Waals surface area contributed by atoms with Crippen LogP contribution in [0.15, 0.2) is 16.7 Å². The summed E-state index contributed by atoms with van der Waals surface area (Å²) in [5.74, 6) is 1.04. The highest BCUT2D eigenvalue weighted by atomic mass is 16.3. The van der Waals surface area contributed by atoms with Crippen molar-refractivity contribution in [3.8, 4) is 0 Å². The van der Waals surface area contributed by atoms with Gasteiger partial charge in [-0.1, -0.05) is 13.8 Å². The Morgan fingerprint density at radius 3 is 2.42 bits per heavy atom. The topological polar surface area (TPSA) is 16.4 Å². The van der Waals surface area contributed by atoms with Crippen LogP contribution in [0, 0.1) is 6.92 Å². The molecule has 0 N–H and O–H groups in total. The minimum atomic E-state index is 1.01. The van der Waals surface area contributed by atoms with E-state index in [-0.39, 0.29) is 0 Å². The first-order chi connectivity index (χ1) is 5.77. The molecule has 0 aliphatic rings. The first-order valence-corrected chi connectivity index (χ1v) is 4.53. The van der Waals surface area contributed by atoms with Crippen LogP contribution in [-0.4, -0.2) is 18.0 Å². The van der Waals surface area contributed by atoms with Gasteiger partial charge in [-0.15, -0.1) is 0 Å². The van der Waals surface area contributed by atoms with Crippen LogP contribution in [-0.2, 0) is 6.54 Å². The molecular weight excluding hydrogens is 150 g/mol. The van der Waals surface area contributed by atoms with E-state index in [1.807, 2.05) is 13.0 Å². The Kier molecular flexibility index (Phi) is 3.35. The molecule has 1 heterocycles. The van der Waals surface area contributed by atoms with Crippen LogP contribution in [0.5, 0.6) is 0 Å². The minimum absolute atomic E-state index is 1.01. The van der Waals surface area contributed by atoms with Crippen molar-refractivity contribution in [2.45, 2.75) is 27.3 Å². The zero-order valence-electron chi connectivity index (χ0n) is 8.13. The van der Waals surface area contributed by atoms with Crippen molar-refractivity contribution in [2.75, 3.05) is 13.1 Å². The van der Waals surface area contributed by atoms with Gasteiger partial charge < -0.3 is 4.42 Å². The van der Waals surface area contributed by atoms with Crippen LogP contribution in [0.2, 0.25) is 0 Å². The number of furan rings is 1. The van der Waals surface area contributed by atoms with E-state index in [1.165, 1.54) is 5.56 Å². The highest BCUT2D eigenvalue weighted by Gasteiger charge is 2.04. The summed E-state index contributed by atoms with van der Waals surface area (Å²) in [7, 11) is 0. The predicted molar refractivity (Wildman–Crippen MR) is 50.1 cm³/mol. The van der Waals surface area contributed by atoms with Gasteiger partial charge in [-0.05, 0) is 26.1 Å². The van der Waals surface area contributed by atoms with Crippen molar-refractivity contribution >= 4 is 0 Å². The van der Waals surface area contributed by atoms with Crippen LogP contribution in [0.3, 0.4) is 0 Å². The zero-order valence-corrected chi connectivity index (χ0v) is 8.13. The fourth-order valence-electron chi connectivity index (χ4n) is 1.26. The van der Waals surface area contributed by atoms with Crippen molar-refractivity contribution < 1.29 is 4.42 Å². The third kappa shape index (κ3) is 2.11. The second-order valence-electron chi connectivity index (χ2n) is 2.96. The number of hydrogen-bond acceptors (Lipinski definition) is 2. The third-order valence-corrected chi connectivity index (χ3v) is 2.25. The van der Waals surface area contributed by atoms with Crippen molar-refractivity contribution in [2.24, 2.45) is 0 Å². The third-order valence-electron chi connectivity index (χ3n) is 2.25. The normalized spacial score (nSPS) is 11.0. The summed E-state index contributed by atoms with van der Waals surface area (Å²) < 4.78 is 5.23.